The summed E-state index contributed by atoms with van der Waals surface area (Å²) in [6.45, 7) is 0.628. The molecule has 1 aliphatic carbocycles. The predicted octanol–water partition coefficient (Wildman–Crippen LogP) is 5.44. The first-order valence-corrected chi connectivity index (χ1v) is 15.0. The molecule has 0 spiro atoms. The summed E-state index contributed by atoms with van der Waals surface area (Å²) in [6.07, 6.45) is 3.33. The number of hydrogen-bond acceptors (Lipinski definition) is 7. The number of nitrogens with one attached hydrogen (secondary N) is 4. The first kappa shape index (κ1) is 27.1. The molecule has 41 heavy (non-hydrogen) atoms. The molecule has 1 saturated carbocycles. The topological polar surface area (TPSA) is 125 Å². The van der Waals surface area contributed by atoms with E-state index in [1.165, 1.54) is 24.3 Å². The van der Waals surface area contributed by atoms with Gasteiger partial charge in [-0.3, -0.25) is 4.79 Å². The monoisotopic (exact) mass is 592 g/mol. The second kappa shape index (κ2) is 10.7. The number of hydrogen-bond donors (Lipinski definition) is 4. The maximum absolute atomic E-state index is 15.3. The van der Waals surface area contributed by atoms with Crippen molar-refractivity contribution in [3.63, 3.8) is 0 Å². The van der Waals surface area contributed by atoms with E-state index >= 15 is 4.39 Å². The summed E-state index contributed by atoms with van der Waals surface area (Å²) < 4.78 is 43.1. The molecule has 0 saturated heterocycles. The molecule has 1 aliphatic heterocycles. The number of rotatable bonds is 4. The molecule has 1 amide bonds. The van der Waals surface area contributed by atoms with Gasteiger partial charge in [-0.2, -0.15) is 4.98 Å². The van der Waals surface area contributed by atoms with Crippen LogP contribution in [0.25, 0.3) is 11.1 Å². The Labute approximate surface area is 241 Å². The maximum atomic E-state index is 15.3. The lowest BCUT2D eigenvalue weighted by Crippen LogP contribution is -2.28. The molecule has 1 aromatic heterocycles. The molecule has 0 unspecified atom stereocenters. The van der Waals surface area contributed by atoms with Gasteiger partial charge in [-0.1, -0.05) is 41.9 Å². The molecule has 4 N–H and O–H groups in total. The normalized spacial score (nSPS) is 17.0. The summed E-state index contributed by atoms with van der Waals surface area (Å²) in [6, 6.07) is 18.1. The number of amides is 1. The highest BCUT2D eigenvalue weighted by Gasteiger charge is 2.52. The van der Waals surface area contributed by atoms with Crippen LogP contribution in [-0.4, -0.2) is 37.4 Å². The molecular formula is C29H26ClFN6O3S. The van der Waals surface area contributed by atoms with Crippen molar-refractivity contribution in [2.24, 2.45) is 0 Å². The van der Waals surface area contributed by atoms with Crippen LogP contribution < -0.4 is 20.7 Å². The molecule has 2 aliphatic rings. The van der Waals surface area contributed by atoms with Gasteiger partial charge in [-0.25, -0.2) is 22.5 Å². The molecule has 2 heterocycles. The minimum absolute atomic E-state index is 0.0661. The average molecular weight is 593 g/mol. The molecule has 210 valence electrons. The predicted molar refractivity (Wildman–Crippen MR) is 156 cm³/mol. The fourth-order valence-electron chi connectivity index (χ4n) is 4.86. The van der Waals surface area contributed by atoms with Crippen LogP contribution in [0.4, 0.5) is 27.5 Å². The van der Waals surface area contributed by atoms with Crippen molar-refractivity contribution >= 4 is 50.7 Å². The van der Waals surface area contributed by atoms with E-state index in [0.29, 0.717) is 53.5 Å². The Morgan fingerprint density at radius 2 is 1.85 bits per heavy atom. The number of carbonyl (C=O) groups excluding carboxylic acids is 1. The van der Waals surface area contributed by atoms with Gasteiger partial charge in [0.25, 0.3) is 0 Å². The summed E-state index contributed by atoms with van der Waals surface area (Å²) in [5, 5.41) is 9.50. The van der Waals surface area contributed by atoms with Crippen LogP contribution in [0.3, 0.4) is 0 Å². The smallest absolute Gasteiger partial charge is 0.240 e. The van der Waals surface area contributed by atoms with Gasteiger partial charge in [0.05, 0.1) is 16.0 Å². The lowest BCUT2D eigenvalue weighted by molar-refractivity contribution is -0.118. The standard InChI is InChI=1S/C29H26ClFN6O3S/c30-23-8-2-1-7-22(23)29(11-12-29)27(38)36-25-10-9-18(15-24(25)31)21-17-33-28-35-19-5-3-6-20(16-19)41(39,40)34-14-4-13-32-26(21)37-28/h1-3,5-10,15-17,34H,4,11-14H2,(H,36,38)(H2,32,33,35,37). The third-order valence-corrected chi connectivity index (χ3v) is 9.02. The summed E-state index contributed by atoms with van der Waals surface area (Å²) in [5.41, 5.74) is 1.61. The van der Waals surface area contributed by atoms with Crippen LogP contribution in [0.1, 0.15) is 24.8 Å². The Bertz CT molecular complexity index is 1760. The molecule has 12 heteroatoms. The van der Waals surface area contributed by atoms with Crippen LogP contribution >= 0.6 is 11.6 Å². The number of nitrogens with zero attached hydrogens (tertiary/aromatic N) is 2. The van der Waals surface area contributed by atoms with E-state index in [2.05, 4.69) is 30.6 Å². The largest absolute Gasteiger partial charge is 0.369 e. The van der Waals surface area contributed by atoms with Gasteiger partial charge in [0.2, 0.25) is 21.9 Å². The average Bonchev–Trinajstić information content (AvgIpc) is 3.76. The Morgan fingerprint density at radius 3 is 2.63 bits per heavy atom. The lowest BCUT2D eigenvalue weighted by Gasteiger charge is -2.18. The lowest BCUT2D eigenvalue weighted by atomic mass is 9.94. The highest BCUT2D eigenvalue weighted by molar-refractivity contribution is 7.89. The number of anilines is 4. The van der Waals surface area contributed by atoms with Crippen molar-refractivity contribution in [1.82, 2.24) is 14.7 Å². The first-order chi connectivity index (χ1) is 19.7. The van der Waals surface area contributed by atoms with Crippen LogP contribution in [0, 0.1) is 5.82 Å². The van der Waals surface area contributed by atoms with E-state index in [-0.39, 0.29) is 29.0 Å². The van der Waals surface area contributed by atoms with Crippen molar-refractivity contribution in [2.75, 3.05) is 29.0 Å². The minimum atomic E-state index is -3.66. The van der Waals surface area contributed by atoms with Gasteiger partial charge < -0.3 is 16.0 Å². The Hall–Kier alpha value is -4.06. The summed E-state index contributed by atoms with van der Waals surface area (Å²) in [4.78, 5) is 22.3. The summed E-state index contributed by atoms with van der Waals surface area (Å²) in [7, 11) is -3.66. The van der Waals surface area contributed by atoms with Crippen molar-refractivity contribution in [3.05, 3.63) is 89.3 Å². The number of benzene rings is 3. The van der Waals surface area contributed by atoms with Gasteiger partial charge in [0.1, 0.15) is 11.6 Å². The highest BCUT2D eigenvalue weighted by atomic mass is 35.5. The van der Waals surface area contributed by atoms with Crippen LogP contribution in [0.5, 0.6) is 0 Å². The van der Waals surface area contributed by atoms with Gasteiger partial charge >= 0.3 is 0 Å². The number of sulfonamides is 1. The van der Waals surface area contributed by atoms with Crippen molar-refractivity contribution < 1.29 is 17.6 Å². The van der Waals surface area contributed by atoms with E-state index in [0.717, 1.165) is 5.56 Å². The SMILES string of the molecule is O=C(Nc1ccc(-c2cnc3nc2NCCCNS(=O)(=O)c2cccc(c2)N3)cc1F)C1(c2ccccc2Cl)CC1. The Kier molecular flexibility index (Phi) is 7.10. The fraction of sp³-hybridized carbons (Fsp3) is 0.207. The van der Waals surface area contributed by atoms with Crippen molar-refractivity contribution in [2.45, 2.75) is 29.6 Å². The molecule has 6 rings (SSSR count). The van der Waals surface area contributed by atoms with Crippen molar-refractivity contribution in [3.8, 4) is 11.1 Å². The molecule has 4 bridgehead atoms. The van der Waals surface area contributed by atoms with Gasteiger partial charge in [0, 0.05) is 35.6 Å². The van der Waals surface area contributed by atoms with E-state index in [4.69, 9.17) is 11.6 Å². The first-order valence-electron chi connectivity index (χ1n) is 13.1. The van der Waals surface area contributed by atoms with E-state index in [1.807, 2.05) is 18.2 Å². The third kappa shape index (κ3) is 5.48. The number of aromatic nitrogens is 2. The molecule has 9 nitrogen and oxygen atoms in total. The molecule has 3 aromatic carbocycles. The van der Waals surface area contributed by atoms with E-state index in [9.17, 15) is 13.2 Å². The van der Waals surface area contributed by atoms with Crippen LogP contribution in [0.2, 0.25) is 5.02 Å². The maximum Gasteiger partial charge on any atom is 0.240 e. The Balaban J connectivity index is 1.26. The fourth-order valence-corrected chi connectivity index (χ4v) is 6.30. The Morgan fingerprint density at radius 1 is 1.02 bits per heavy atom. The third-order valence-electron chi connectivity index (χ3n) is 7.23. The molecular weight excluding hydrogens is 567 g/mol. The van der Waals surface area contributed by atoms with Gasteiger partial charge in [-0.05, 0) is 66.8 Å². The molecule has 0 atom stereocenters. The zero-order chi connectivity index (χ0) is 28.6. The van der Waals surface area contributed by atoms with E-state index in [1.54, 1.807) is 30.5 Å². The zero-order valence-corrected chi connectivity index (χ0v) is 23.3. The summed E-state index contributed by atoms with van der Waals surface area (Å²) in [5.74, 6) is -0.198. The second-order valence-electron chi connectivity index (χ2n) is 10.00. The highest BCUT2D eigenvalue weighted by Crippen LogP contribution is 2.51. The number of fused-ring (bicyclic) bond motifs is 4. The molecule has 4 aromatic rings. The van der Waals surface area contributed by atoms with Crippen molar-refractivity contribution in [1.29, 1.82) is 0 Å². The summed E-state index contributed by atoms with van der Waals surface area (Å²) >= 11 is 6.35. The van der Waals surface area contributed by atoms with Gasteiger partial charge in [0.15, 0.2) is 0 Å². The zero-order valence-electron chi connectivity index (χ0n) is 21.7. The number of halogens is 2. The second-order valence-corrected chi connectivity index (χ2v) is 12.2. The van der Waals surface area contributed by atoms with E-state index < -0.39 is 21.3 Å². The molecule has 1 fully saturated rings. The quantitative estimate of drug-likeness (QED) is 0.248. The van der Waals surface area contributed by atoms with Crippen LogP contribution in [-0.2, 0) is 20.2 Å². The number of carbonyl (C=O) groups is 1. The van der Waals surface area contributed by atoms with Crippen LogP contribution in [0.15, 0.2) is 77.8 Å². The van der Waals surface area contributed by atoms with Gasteiger partial charge in [-0.15, -0.1) is 0 Å². The molecule has 0 radical (unpaired) electrons. The minimum Gasteiger partial charge on any atom is -0.369 e.